The number of alkyl halides is 1. The normalized spacial score (nSPS) is 18.2. The smallest absolute Gasteiger partial charge is 0.119 e. The second-order valence-corrected chi connectivity index (χ2v) is 5.85. The van der Waals surface area contributed by atoms with Crippen molar-refractivity contribution >= 4 is 27.5 Å². The maximum atomic E-state index is 6.06. The Kier molecular flexibility index (Phi) is 5.14. The third kappa shape index (κ3) is 4.49. The lowest BCUT2D eigenvalue weighted by Gasteiger charge is -2.28. The minimum atomic E-state index is 0.374. The van der Waals surface area contributed by atoms with Gasteiger partial charge in [-0.3, -0.25) is 4.90 Å². The van der Waals surface area contributed by atoms with E-state index in [2.05, 4.69) is 20.8 Å². The molecule has 1 heterocycles. The number of likely N-dealkylation sites (tertiary alicyclic amines) is 1. The number of halogens is 2. The molecule has 2 nitrogen and oxygen atoms in total. The number of hydrogen-bond donors (Lipinski definition) is 0. The fraction of sp³-hybridized carbons (Fsp3) is 0.538. The van der Waals surface area contributed by atoms with Gasteiger partial charge in [-0.05, 0) is 50.2 Å². The van der Waals surface area contributed by atoms with Crippen LogP contribution < -0.4 is 4.74 Å². The van der Waals surface area contributed by atoms with Crippen LogP contribution in [0.3, 0.4) is 0 Å². The van der Waals surface area contributed by atoms with Crippen LogP contribution in [0.25, 0.3) is 0 Å². The van der Waals surface area contributed by atoms with Gasteiger partial charge in [0.25, 0.3) is 0 Å². The van der Waals surface area contributed by atoms with Crippen molar-refractivity contribution in [3.05, 3.63) is 28.7 Å². The summed E-state index contributed by atoms with van der Waals surface area (Å²) in [6.45, 7) is 3.92. The Balaban J connectivity index is 1.67. The second kappa shape index (κ2) is 6.62. The Morgan fingerprint density at radius 3 is 2.53 bits per heavy atom. The lowest BCUT2D eigenvalue weighted by molar-refractivity contribution is 0.185. The van der Waals surface area contributed by atoms with Gasteiger partial charge in [0.2, 0.25) is 0 Å². The molecule has 1 aromatic rings. The monoisotopic (exact) mass is 317 g/mol. The molecule has 2 rings (SSSR count). The van der Waals surface area contributed by atoms with Gasteiger partial charge in [-0.2, -0.15) is 0 Å². The molecule has 4 heteroatoms. The van der Waals surface area contributed by atoms with Crippen LogP contribution >= 0.6 is 27.5 Å². The highest BCUT2D eigenvalue weighted by atomic mass is 79.9. The maximum Gasteiger partial charge on any atom is 0.119 e. The van der Waals surface area contributed by atoms with Crippen LogP contribution in [0.4, 0.5) is 0 Å². The largest absolute Gasteiger partial charge is 0.492 e. The molecule has 0 radical (unpaired) electrons. The number of ether oxygens (including phenoxy) is 1. The van der Waals surface area contributed by atoms with Gasteiger partial charge >= 0.3 is 0 Å². The highest BCUT2D eigenvalue weighted by Gasteiger charge is 2.16. The molecule has 1 saturated heterocycles. The molecule has 0 atom stereocenters. The zero-order valence-corrected chi connectivity index (χ0v) is 12.1. The Bertz CT molecular complexity index is 336. The topological polar surface area (TPSA) is 12.5 Å². The van der Waals surface area contributed by atoms with E-state index in [9.17, 15) is 0 Å². The van der Waals surface area contributed by atoms with Crippen LogP contribution in [0.15, 0.2) is 28.7 Å². The molecule has 0 bridgehead atoms. The molecule has 17 heavy (non-hydrogen) atoms. The fourth-order valence-corrected chi connectivity index (χ4v) is 2.41. The standard InChI is InChI=1S/C13H17BrClNO/c14-11-1-3-13(4-2-11)17-10-9-16-7-5-12(15)6-8-16/h1-4,12H,5-10H2. The zero-order chi connectivity index (χ0) is 12.1. The fourth-order valence-electron chi connectivity index (χ4n) is 1.95. The minimum Gasteiger partial charge on any atom is -0.492 e. The van der Waals surface area contributed by atoms with E-state index < -0.39 is 0 Å². The summed E-state index contributed by atoms with van der Waals surface area (Å²) < 4.78 is 6.77. The first-order valence-corrected chi connectivity index (χ1v) is 7.22. The van der Waals surface area contributed by atoms with Crippen LogP contribution in [-0.4, -0.2) is 36.5 Å². The lowest BCUT2D eigenvalue weighted by Crippen LogP contribution is -2.36. The molecular weight excluding hydrogens is 302 g/mol. The molecule has 1 aliphatic rings. The van der Waals surface area contributed by atoms with Gasteiger partial charge in [0.15, 0.2) is 0 Å². The molecule has 94 valence electrons. The summed E-state index contributed by atoms with van der Waals surface area (Å²) in [6, 6.07) is 7.95. The van der Waals surface area contributed by atoms with E-state index in [0.29, 0.717) is 5.38 Å². The van der Waals surface area contributed by atoms with Crippen LogP contribution in [0, 0.1) is 0 Å². The first-order chi connectivity index (χ1) is 8.24. The third-order valence-electron chi connectivity index (χ3n) is 3.01. The predicted molar refractivity (Wildman–Crippen MR) is 75.0 cm³/mol. The molecule has 1 aromatic carbocycles. The van der Waals surface area contributed by atoms with Crippen molar-refractivity contribution in [2.45, 2.75) is 18.2 Å². The summed E-state index contributed by atoms with van der Waals surface area (Å²) in [5.74, 6) is 0.931. The average molecular weight is 319 g/mol. The maximum absolute atomic E-state index is 6.06. The van der Waals surface area contributed by atoms with Crippen molar-refractivity contribution in [1.29, 1.82) is 0 Å². The first kappa shape index (κ1) is 13.2. The SMILES string of the molecule is ClC1CCN(CCOc2ccc(Br)cc2)CC1. The van der Waals surface area contributed by atoms with Crippen molar-refractivity contribution in [3.63, 3.8) is 0 Å². The van der Waals surface area contributed by atoms with Crippen molar-refractivity contribution in [3.8, 4) is 5.75 Å². The zero-order valence-electron chi connectivity index (χ0n) is 9.74. The molecule has 1 aliphatic heterocycles. The van der Waals surface area contributed by atoms with Crippen LogP contribution in [0.1, 0.15) is 12.8 Å². The summed E-state index contributed by atoms with van der Waals surface area (Å²) in [5.41, 5.74) is 0. The highest BCUT2D eigenvalue weighted by molar-refractivity contribution is 9.10. The van der Waals surface area contributed by atoms with E-state index in [1.807, 2.05) is 24.3 Å². The van der Waals surface area contributed by atoms with Crippen molar-refractivity contribution in [1.82, 2.24) is 4.90 Å². The lowest BCUT2D eigenvalue weighted by atomic mass is 10.1. The average Bonchev–Trinajstić information content (AvgIpc) is 2.34. The summed E-state index contributed by atoms with van der Waals surface area (Å²) in [6.07, 6.45) is 2.19. The predicted octanol–water partition coefficient (Wildman–Crippen LogP) is 3.53. The Labute approximate surface area is 116 Å². The Hall–Kier alpha value is -0.250. The number of hydrogen-bond acceptors (Lipinski definition) is 2. The van der Waals surface area contributed by atoms with Gasteiger partial charge in [0.05, 0.1) is 0 Å². The van der Waals surface area contributed by atoms with Crippen LogP contribution in [-0.2, 0) is 0 Å². The summed E-state index contributed by atoms with van der Waals surface area (Å²) in [4.78, 5) is 2.41. The number of piperidine rings is 1. The second-order valence-electron chi connectivity index (χ2n) is 4.32. The molecule has 0 saturated carbocycles. The van der Waals surface area contributed by atoms with Gasteiger partial charge in [0.1, 0.15) is 12.4 Å². The minimum absolute atomic E-state index is 0.374. The summed E-state index contributed by atoms with van der Waals surface area (Å²) in [7, 11) is 0. The Morgan fingerprint density at radius 1 is 1.24 bits per heavy atom. The van der Waals surface area contributed by atoms with E-state index in [-0.39, 0.29) is 0 Å². The van der Waals surface area contributed by atoms with Gasteiger partial charge in [-0.15, -0.1) is 11.6 Å². The van der Waals surface area contributed by atoms with E-state index in [1.165, 1.54) is 0 Å². The van der Waals surface area contributed by atoms with Crippen molar-refractivity contribution < 1.29 is 4.74 Å². The molecule has 1 fully saturated rings. The van der Waals surface area contributed by atoms with Crippen LogP contribution in [0.5, 0.6) is 5.75 Å². The number of rotatable bonds is 4. The van der Waals surface area contributed by atoms with Crippen molar-refractivity contribution in [2.75, 3.05) is 26.2 Å². The van der Waals surface area contributed by atoms with Gasteiger partial charge < -0.3 is 4.74 Å². The van der Waals surface area contributed by atoms with Gasteiger partial charge in [0, 0.05) is 16.4 Å². The first-order valence-electron chi connectivity index (χ1n) is 5.99. The molecule has 0 amide bonds. The molecule has 0 spiro atoms. The number of nitrogens with zero attached hydrogens (tertiary/aromatic N) is 1. The van der Waals surface area contributed by atoms with Crippen molar-refractivity contribution in [2.24, 2.45) is 0 Å². The van der Waals surface area contributed by atoms with E-state index in [4.69, 9.17) is 16.3 Å². The van der Waals surface area contributed by atoms with E-state index in [1.54, 1.807) is 0 Å². The van der Waals surface area contributed by atoms with Gasteiger partial charge in [-0.1, -0.05) is 15.9 Å². The molecule has 0 N–H and O–H groups in total. The summed E-state index contributed by atoms with van der Waals surface area (Å²) >= 11 is 9.47. The number of benzene rings is 1. The van der Waals surface area contributed by atoms with Gasteiger partial charge in [-0.25, -0.2) is 0 Å². The van der Waals surface area contributed by atoms with E-state index in [0.717, 1.165) is 49.3 Å². The molecule has 0 aliphatic carbocycles. The Morgan fingerprint density at radius 2 is 1.88 bits per heavy atom. The van der Waals surface area contributed by atoms with Crippen LogP contribution in [0.2, 0.25) is 0 Å². The van der Waals surface area contributed by atoms with E-state index >= 15 is 0 Å². The molecular formula is C13H17BrClNO. The summed E-state index contributed by atoms with van der Waals surface area (Å²) in [5, 5.41) is 0.374. The molecule has 0 aromatic heterocycles. The quantitative estimate of drug-likeness (QED) is 0.788. The third-order valence-corrected chi connectivity index (χ3v) is 3.97. The highest BCUT2D eigenvalue weighted by Crippen LogP contribution is 2.17. The molecule has 0 unspecified atom stereocenters.